The first-order valence-electron chi connectivity index (χ1n) is 24.8. The van der Waals surface area contributed by atoms with E-state index in [0.29, 0.717) is 19.3 Å². The predicted molar refractivity (Wildman–Crippen MR) is 236 cm³/mol. The maximum Gasteiger partial charge on any atom is 0.337 e. The van der Waals surface area contributed by atoms with Gasteiger partial charge in [0.05, 0.1) is 38.6 Å². The Morgan fingerprint density at radius 3 is 1.94 bits per heavy atom. The lowest BCUT2D eigenvalue weighted by molar-refractivity contribution is -0.396. The fraction of sp³-hybridized carbons (Fsp3) is 0.939. The zero-order valence-electron chi connectivity index (χ0n) is 40.8. The van der Waals surface area contributed by atoms with E-state index in [9.17, 15) is 61.0 Å². The number of allylic oxidation sites excluding steroid dienone is 2. The zero-order chi connectivity index (χ0) is 49.8. The van der Waals surface area contributed by atoms with Crippen molar-refractivity contribution in [3.8, 4) is 0 Å². The van der Waals surface area contributed by atoms with Crippen LogP contribution < -0.4 is 0 Å². The minimum Gasteiger partial charge on any atom is -0.467 e. The first-order chi connectivity index (χ1) is 31.8. The van der Waals surface area contributed by atoms with Crippen molar-refractivity contribution in [1.29, 1.82) is 0 Å². The van der Waals surface area contributed by atoms with E-state index in [1.807, 2.05) is 6.92 Å². The number of carbonyl (C=O) groups excluding carboxylic acids is 1. The summed E-state index contributed by atoms with van der Waals surface area (Å²) in [4.78, 5) is 13.1. The van der Waals surface area contributed by atoms with Crippen LogP contribution in [0.25, 0.3) is 0 Å². The number of rotatable bonds is 10. The Labute approximate surface area is 398 Å². The van der Waals surface area contributed by atoms with Gasteiger partial charge in [-0.3, -0.25) is 0 Å². The SMILES string of the molecule is COC(=O)[C@H]1O[C@@H](O[C@H]2CC[C@@]3(C)C(CC[C@]4(C)C3CC=C3[C@@H]5C[C@](C)(CO)C[C@@H](O)[C@]5(C)CC[C@]34C)[C@@]2(C)CO)[C@H](O[C@@H]2O[C@H](CO)[C@@H](O)[C@H](O)[C@H]2O[C@@H]2O[C@@H](C)[C@H](O)[C@@H](O)[C@H]2O)[C@@H](O)[C@@H]1O. The molecular formula is C49H80O19. The topological polar surface area (TPSA) is 304 Å². The molecule has 68 heavy (non-hydrogen) atoms. The van der Waals surface area contributed by atoms with Gasteiger partial charge in [-0.15, -0.1) is 0 Å². The second-order valence-corrected chi connectivity index (χ2v) is 23.6. The Balaban J connectivity index is 1.08. The molecule has 0 bridgehead atoms. The normalized spacial score (nSPS) is 56.0. The fourth-order valence-electron chi connectivity index (χ4n) is 15.2. The predicted octanol–water partition coefficient (Wildman–Crippen LogP) is -0.235. The lowest BCUT2D eigenvalue weighted by atomic mass is 9.33. The number of esters is 1. The summed E-state index contributed by atoms with van der Waals surface area (Å²) in [5.74, 6) is -0.770. The van der Waals surface area contributed by atoms with Crippen LogP contribution in [0.1, 0.15) is 106 Å². The minimum absolute atomic E-state index is 0.0180. The van der Waals surface area contributed by atoms with E-state index in [4.69, 9.17) is 33.2 Å². The highest BCUT2D eigenvalue weighted by Crippen LogP contribution is 2.76. The van der Waals surface area contributed by atoms with E-state index in [2.05, 4.69) is 40.7 Å². The molecule has 0 amide bonds. The molecule has 4 saturated carbocycles. The van der Waals surface area contributed by atoms with Gasteiger partial charge in [-0.25, -0.2) is 4.79 Å². The van der Waals surface area contributed by atoms with Gasteiger partial charge in [-0.1, -0.05) is 53.2 Å². The molecule has 0 radical (unpaired) electrons. The van der Waals surface area contributed by atoms with Gasteiger partial charge in [0.15, 0.2) is 25.0 Å². The summed E-state index contributed by atoms with van der Waals surface area (Å²) >= 11 is 0. The number of ether oxygens (including phenoxy) is 7. The van der Waals surface area contributed by atoms with E-state index in [-0.39, 0.29) is 58.0 Å². The minimum atomic E-state index is -1.96. The Kier molecular flexibility index (Phi) is 14.6. The summed E-state index contributed by atoms with van der Waals surface area (Å²) in [6, 6.07) is 0. The maximum atomic E-state index is 13.1. The second kappa shape index (κ2) is 18.8. The number of aliphatic hydroxyl groups is 11. The molecule has 2 unspecified atom stereocenters. The Hall–Kier alpha value is -1.47. The van der Waals surface area contributed by atoms with E-state index in [1.54, 1.807) is 0 Å². The third-order valence-electron chi connectivity index (χ3n) is 20.0. The van der Waals surface area contributed by atoms with E-state index >= 15 is 0 Å². The number of hydrogen-bond donors (Lipinski definition) is 11. The third kappa shape index (κ3) is 8.08. The van der Waals surface area contributed by atoms with Gasteiger partial charge in [0.1, 0.15) is 61.0 Å². The van der Waals surface area contributed by atoms with Gasteiger partial charge in [0, 0.05) is 17.4 Å². The van der Waals surface area contributed by atoms with Crippen LogP contribution in [0.4, 0.5) is 0 Å². The lowest BCUT2D eigenvalue weighted by Crippen LogP contribution is -2.68. The second-order valence-electron chi connectivity index (χ2n) is 23.6. The molecule has 3 aliphatic heterocycles. The molecule has 0 spiro atoms. The van der Waals surface area contributed by atoms with Gasteiger partial charge in [-0.05, 0) is 104 Å². The van der Waals surface area contributed by atoms with Crippen molar-refractivity contribution in [2.45, 2.75) is 211 Å². The number of fused-ring (bicyclic) bond motifs is 7. The number of carbonyl (C=O) groups is 1. The van der Waals surface area contributed by atoms with Crippen LogP contribution in [0.5, 0.6) is 0 Å². The van der Waals surface area contributed by atoms with Crippen molar-refractivity contribution < 1.29 is 94.1 Å². The average Bonchev–Trinajstić information content (AvgIpc) is 3.30. The van der Waals surface area contributed by atoms with Crippen LogP contribution in [0, 0.1) is 50.2 Å². The molecule has 0 aromatic carbocycles. The monoisotopic (exact) mass is 973 g/mol. The largest absolute Gasteiger partial charge is 0.467 e. The molecule has 8 rings (SSSR count). The Bertz CT molecular complexity index is 1860. The first kappa shape index (κ1) is 52.8. The Morgan fingerprint density at radius 1 is 0.662 bits per heavy atom. The fourth-order valence-corrected chi connectivity index (χ4v) is 15.2. The van der Waals surface area contributed by atoms with Crippen LogP contribution in [0.3, 0.4) is 0 Å². The third-order valence-corrected chi connectivity index (χ3v) is 20.0. The van der Waals surface area contributed by atoms with Gasteiger partial charge < -0.3 is 89.3 Å². The molecule has 11 N–H and O–H groups in total. The van der Waals surface area contributed by atoms with E-state index in [1.165, 1.54) is 12.5 Å². The van der Waals surface area contributed by atoms with Crippen LogP contribution in [-0.2, 0) is 38.0 Å². The average molecular weight is 973 g/mol. The highest BCUT2D eigenvalue weighted by molar-refractivity contribution is 5.75. The van der Waals surface area contributed by atoms with Crippen molar-refractivity contribution in [3.63, 3.8) is 0 Å². The summed E-state index contributed by atoms with van der Waals surface area (Å²) < 4.78 is 41.6. The molecule has 19 heteroatoms. The van der Waals surface area contributed by atoms with Crippen LogP contribution in [-0.4, -0.2) is 193 Å². The van der Waals surface area contributed by atoms with Gasteiger partial charge in [0.25, 0.3) is 0 Å². The van der Waals surface area contributed by atoms with Crippen molar-refractivity contribution in [1.82, 2.24) is 0 Å². The van der Waals surface area contributed by atoms with Gasteiger partial charge >= 0.3 is 5.97 Å². The number of aliphatic hydroxyl groups excluding tert-OH is 11. The molecule has 8 aliphatic rings. The summed E-state index contributed by atoms with van der Waals surface area (Å²) in [5, 5.41) is 121. The molecule has 0 aromatic heterocycles. The summed E-state index contributed by atoms with van der Waals surface area (Å²) in [7, 11) is 1.09. The molecule has 7 fully saturated rings. The van der Waals surface area contributed by atoms with Crippen LogP contribution >= 0.6 is 0 Å². The smallest absolute Gasteiger partial charge is 0.337 e. The molecule has 3 heterocycles. The molecule has 5 aliphatic carbocycles. The molecular weight excluding hydrogens is 893 g/mol. The molecule has 0 aromatic rings. The van der Waals surface area contributed by atoms with Crippen molar-refractivity contribution in [2.75, 3.05) is 26.9 Å². The van der Waals surface area contributed by atoms with Crippen molar-refractivity contribution in [3.05, 3.63) is 11.6 Å². The van der Waals surface area contributed by atoms with Crippen molar-refractivity contribution in [2.24, 2.45) is 50.2 Å². The highest BCUT2D eigenvalue weighted by Gasteiger charge is 2.70. The quantitative estimate of drug-likeness (QED) is 0.0765. The standard InChI is InChI=1S/C49H80O19/c1-22-30(54)32(56)36(60)41(63-22)67-38-33(57)31(55)25(19-50)64-42(38)68-39-35(59)34(58)37(40(61)62-8)66-43(39)65-29-12-13-46(4)26(47(29,5)21-52)11-14-49(7)27(46)10-9-23-24-17-44(2,20-51)18-28(53)45(24,3)15-16-48(23,49)6/h9,22,24-39,41-43,50-60H,10-21H2,1-8H3/t22-,24-,25+,26?,27?,28+,29-,30-,31+,32+,33-,34-,35-,36+,37-,38+,39+,41-,42-,43+,44-,45+,46-,47+,48+,49+/m0/s1. The first-order valence-corrected chi connectivity index (χ1v) is 24.8. The molecule has 19 nitrogen and oxygen atoms in total. The number of methoxy groups -OCH3 is 1. The summed E-state index contributed by atoms with van der Waals surface area (Å²) in [6.45, 7) is 13.8. The van der Waals surface area contributed by atoms with Crippen LogP contribution in [0.2, 0.25) is 0 Å². The Morgan fingerprint density at radius 2 is 1.31 bits per heavy atom. The van der Waals surface area contributed by atoms with Crippen molar-refractivity contribution >= 4 is 5.97 Å². The molecule has 3 saturated heterocycles. The van der Waals surface area contributed by atoms with Crippen LogP contribution in [0.15, 0.2) is 11.6 Å². The van der Waals surface area contributed by atoms with E-state index in [0.717, 1.165) is 45.6 Å². The highest BCUT2D eigenvalue weighted by atomic mass is 16.8. The van der Waals surface area contributed by atoms with E-state index < -0.39 is 122 Å². The number of hydrogen-bond acceptors (Lipinski definition) is 19. The molecule has 26 atom stereocenters. The van der Waals surface area contributed by atoms with Gasteiger partial charge in [0.2, 0.25) is 0 Å². The summed E-state index contributed by atoms with van der Waals surface area (Å²) in [5.41, 5.74) is -0.790. The molecule has 390 valence electrons. The lowest BCUT2D eigenvalue weighted by Gasteiger charge is -2.72. The van der Waals surface area contributed by atoms with Gasteiger partial charge in [-0.2, -0.15) is 0 Å². The maximum absolute atomic E-state index is 13.1. The zero-order valence-corrected chi connectivity index (χ0v) is 40.8. The summed E-state index contributed by atoms with van der Waals surface area (Å²) in [6.07, 6.45) is -17.8.